The largest absolute Gasteiger partial charge is 0.453 e. The molecule has 0 aliphatic carbocycles. The van der Waals surface area contributed by atoms with E-state index in [2.05, 4.69) is 0 Å². The maximum atomic E-state index is 14.5. The summed E-state index contributed by atoms with van der Waals surface area (Å²) in [6.07, 6.45) is -5.11. The van der Waals surface area contributed by atoms with Crippen LogP contribution in [-0.4, -0.2) is 24.0 Å². The van der Waals surface area contributed by atoms with Gasteiger partial charge in [-0.2, -0.15) is 13.2 Å². The van der Waals surface area contributed by atoms with Gasteiger partial charge in [-0.15, -0.1) is 0 Å². The molecule has 240 valence electrons. The number of aryl methyl sites for hydroxylation is 1. The van der Waals surface area contributed by atoms with E-state index >= 15 is 0 Å². The first-order valence-electron chi connectivity index (χ1n) is 14.1. The zero-order valence-electron chi connectivity index (χ0n) is 25.2. The van der Waals surface area contributed by atoms with Gasteiger partial charge >= 0.3 is 12.1 Å². The van der Waals surface area contributed by atoms with Crippen LogP contribution in [0.25, 0.3) is 11.0 Å². The smallest absolute Gasteiger partial charge is 0.449 e. The fraction of sp³-hybridized carbons (Fsp3) is 0.333. The summed E-state index contributed by atoms with van der Waals surface area (Å²) in [5, 5.41) is 0.523. The van der Waals surface area contributed by atoms with E-state index in [0.717, 1.165) is 0 Å². The van der Waals surface area contributed by atoms with Crippen molar-refractivity contribution in [2.24, 2.45) is 11.8 Å². The fourth-order valence-electron chi connectivity index (χ4n) is 4.87. The van der Waals surface area contributed by atoms with Gasteiger partial charge in [-0.1, -0.05) is 62.5 Å². The van der Waals surface area contributed by atoms with Crippen LogP contribution in [0.2, 0.25) is 15.1 Å². The number of fused-ring (bicyclic) bond motifs is 1. The molecular formula is C33H31Cl3F3NO5. The zero-order chi connectivity index (χ0) is 33.2. The predicted octanol–water partition coefficient (Wildman–Crippen LogP) is 10.2. The van der Waals surface area contributed by atoms with Crippen molar-refractivity contribution in [2.45, 2.75) is 47.3 Å². The molecule has 45 heavy (non-hydrogen) atoms. The number of nitrogens with zero attached hydrogens (tertiary/aromatic N) is 1. The Kier molecular flexibility index (Phi) is 10.8. The minimum atomic E-state index is -5.11. The van der Waals surface area contributed by atoms with Gasteiger partial charge in [-0.05, 0) is 72.9 Å². The van der Waals surface area contributed by atoms with Gasteiger partial charge in [0.25, 0.3) is 5.76 Å². The van der Waals surface area contributed by atoms with E-state index in [9.17, 15) is 22.8 Å². The Morgan fingerprint density at radius 1 is 0.933 bits per heavy atom. The number of benzene rings is 3. The van der Waals surface area contributed by atoms with E-state index in [1.807, 2.05) is 32.6 Å². The molecule has 0 fully saturated rings. The highest BCUT2D eigenvalue weighted by Crippen LogP contribution is 2.41. The summed E-state index contributed by atoms with van der Waals surface area (Å²) in [7, 11) is 0. The Hall–Kier alpha value is -3.24. The summed E-state index contributed by atoms with van der Waals surface area (Å²) in [5.74, 6) is -3.25. The molecular weight excluding hydrogens is 654 g/mol. The molecule has 0 atom stereocenters. The van der Waals surface area contributed by atoms with Crippen LogP contribution in [0.1, 0.15) is 54.9 Å². The Bertz CT molecular complexity index is 1780. The SMILES string of the molecule is Cc1cc(Oc2c(C(F)(F)F)oc3c(CN(CC(C)C)CC(C)C)c(OC(=O)c4ccc(Cl)cc4Cl)ccc3c2=O)ccc1Cl. The van der Waals surface area contributed by atoms with Crippen LogP contribution in [0, 0.1) is 18.8 Å². The van der Waals surface area contributed by atoms with Crippen LogP contribution in [0.5, 0.6) is 17.2 Å². The second kappa shape index (κ2) is 14.0. The molecule has 0 aliphatic rings. The molecule has 0 radical (unpaired) electrons. The van der Waals surface area contributed by atoms with E-state index < -0.39 is 29.1 Å². The maximum Gasteiger partial charge on any atom is 0.453 e. The number of hydrogen-bond acceptors (Lipinski definition) is 6. The Morgan fingerprint density at radius 3 is 2.18 bits per heavy atom. The number of carbonyl (C=O) groups excluding carboxylic acids is 1. The monoisotopic (exact) mass is 683 g/mol. The van der Waals surface area contributed by atoms with Gasteiger partial charge in [-0.3, -0.25) is 9.69 Å². The van der Waals surface area contributed by atoms with Crippen molar-refractivity contribution in [2.75, 3.05) is 13.1 Å². The molecule has 0 saturated carbocycles. The Balaban J connectivity index is 1.94. The standard InChI is InChI=1S/C33H31Cl3F3NO5/c1-17(2)14-40(15-18(3)4)16-24-27(44-32(42)22-8-6-20(34)13-26(22)36)11-9-23-28(41)30(31(33(37,38)39)45-29(23)24)43-21-7-10-25(35)19(5)12-21/h6-13,17-18H,14-16H2,1-5H3. The number of ether oxygens (including phenoxy) is 2. The highest BCUT2D eigenvalue weighted by Gasteiger charge is 2.41. The maximum absolute atomic E-state index is 14.5. The highest BCUT2D eigenvalue weighted by atomic mass is 35.5. The first-order chi connectivity index (χ1) is 21.0. The van der Waals surface area contributed by atoms with Crippen LogP contribution in [0.3, 0.4) is 0 Å². The lowest BCUT2D eigenvalue weighted by atomic mass is 10.1. The van der Waals surface area contributed by atoms with E-state index in [-0.39, 0.29) is 57.0 Å². The average Bonchev–Trinajstić information content (AvgIpc) is 2.91. The van der Waals surface area contributed by atoms with Gasteiger partial charge in [0.2, 0.25) is 11.2 Å². The van der Waals surface area contributed by atoms with Gasteiger partial charge < -0.3 is 13.9 Å². The molecule has 0 saturated heterocycles. The molecule has 0 bridgehead atoms. The second-order valence-electron chi connectivity index (χ2n) is 11.5. The average molecular weight is 685 g/mol. The molecule has 1 heterocycles. The van der Waals surface area contributed by atoms with Gasteiger partial charge in [-0.25, -0.2) is 4.79 Å². The van der Waals surface area contributed by atoms with E-state index in [1.165, 1.54) is 48.5 Å². The van der Waals surface area contributed by atoms with Crippen LogP contribution in [0.4, 0.5) is 13.2 Å². The van der Waals surface area contributed by atoms with Gasteiger partial charge in [0, 0.05) is 29.7 Å². The van der Waals surface area contributed by atoms with Crippen LogP contribution in [0.15, 0.2) is 57.7 Å². The normalized spacial score (nSPS) is 12.0. The topological polar surface area (TPSA) is 69.0 Å². The number of rotatable bonds is 10. The van der Waals surface area contributed by atoms with Gasteiger partial charge in [0.1, 0.15) is 17.1 Å². The quantitative estimate of drug-likeness (QED) is 0.122. The third-order valence-electron chi connectivity index (χ3n) is 6.67. The zero-order valence-corrected chi connectivity index (χ0v) is 27.4. The Morgan fingerprint density at radius 2 is 1.60 bits per heavy atom. The lowest BCUT2D eigenvalue weighted by Gasteiger charge is -2.27. The molecule has 0 N–H and O–H groups in total. The van der Waals surface area contributed by atoms with E-state index in [4.69, 9.17) is 48.7 Å². The number of alkyl halides is 3. The number of hydrogen-bond donors (Lipinski definition) is 0. The van der Waals surface area contributed by atoms with Crippen molar-refractivity contribution in [3.63, 3.8) is 0 Å². The predicted molar refractivity (Wildman–Crippen MR) is 170 cm³/mol. The molecule has 0 unspecified atom stereocenters. The summed E-state index contributed by atoms with van der Waals surface area (Å²) < 4.78 is 60.2. The molecule has 12 heteroatoms. The van der Waals surface area contributed by atoms with Crippen molar-refractivity contribution in [1.29, 1.82) is 0 Å². The summed E-state index contributed by atoms with van der Waals surface area (Å²) >= 11 is 18.2. The van der Waals surface area contributed by atoms with Gasteiger partial charge in [0.05, 0.1) is 21.5 Å². The van der Waals surface area contributed by atoms with Crippen LogP contribution >= 0.6 is 34.8 Å². The van der Waals surface area contributed by atoms with Crippen LogP contribution < -0.4 is 14.9 Å². The molecule has 4 rings (SSSR count). The lowest BCUT2D eigenvalue weighted by molar-refractivity contribution is -0.154. The lowest BCUT2D eigenvalue weighted by Crippen LogP contribution is -2.31. The van der Waals surface area contributed by atoms with Crippen molar-refractivity contribution >= 4 is 51.7 Å². The molecule has 0 amide bonds. The fourth-order valence-corrected chi connectivity index (χ4v) is 5.48. The van der Waals surface area contributed by atoms with Crippen LogP contribution in [-0.2, 0) is 12.7 Å². The number of halogens is 6. The van der Waals surface area contributed by atoms with Crippen molar-refractivity contribution < 1.29 is 31.9 Å². The molecule has 0 aliphatic heterocycles. The first kappa shape index (κ1) is 34.6. The van der Waals surface area contributed by atoms with Gasteiger partial charge in [0.15, 0.2) is 0 Å². The summed E-state index contributed by atoms with van der Waals surface area (Å²) in [6, 6.07) is 11.0. The van der Waals surface area contributed by atoms with Crippen molar-refractivity contribution in [3.8, 4) is 17.2 Å². The number of carbonyl (C=O) groups is 1. The highest BCUT2D eigenvalue weighted by molar-refractivity contribution is 6.36. The second-order valence-corrected chi connectivity index (χ2v) is 12.8. The minimum absolute atomic E-state index is 0.00669. The Labute approximate surface area is 273 Å². The van der Waals surface area contributed by atoms with Crippen molar-refractivity contribution in [1.82, 2.24) is 4.90 Å². The first-order valence-corrected chi connectivity index (χ1v) is 15.2. The third kappa shape index (κ3) is 8.33. The summed E-state index contributed by atoms with van der Waals surface area (Å²) in [5.41, 5.74) is -0.804. The molecule has 6 nitrogen and oxygen atoms in total. The third-order valence-corrected chi connectivity index (χ3v) is 7.64. The number of esters is 1. The summed E-state index contributed by atoms with van der Waals surface area (Å²) in [4.78, 5) is 28.9. The molecule has 4 aromatic rings. The summed E-state index contributed by atoms with van der Waals surface area (Å²) in [6.45, 7) is 10.8. The van der Waals surface area contributed by atoms with E-state index in [1.54, 1.807) is 6.92 Å². The van der Waals surface area contributed by atoms with E-state index in [0.29, 0.717) is 28.7 Å². The minimum Gasteiger partial charge on any atom is -0.449 e. The molecule has 1 aromatic heterocycles. The molecule has 3 aromatic carbocycles. The van der Waals surface area contributed by atoms with Crippen molar-refractivity contribution in [3.05, 3.63) is 96.3 Å². The molecule has 0 spiro atoms.